The Kier molecular flexibility index (Phi) is 5.24. The van der Waals surface area contributed by atoms with Crippen LogP contribution >= 0.6 is 11.3 Å². The Hall–Kier alpha value is -1.48. The molecule has 146 valence electrons. The number of hydrogen-bond donors (Lipinski definition) is 0. The molecule has 0 amide bonds. The summed E-state index contributed by atoms with van der Waals surface area (Å²) in [5.41, 5.74) is 2.78. The Balaban J connectivity index is 1.82. The Bertz CT molecular complexity index is 927. The van der Waals surface area contributed by atoms with Gasteiger partial charge in [-0.15, -0.1) is 11.3 Å². The predicted octanol–water partition coefficient (Wildman–Crippen LogP) is 2.83. The minimum Gasteiger partial charge on any atom is -0.380 e. The van der Waals surface area contributed by atoms with E-state index in [1.165, 1.54) is 0 Å². The molecule has 0 unspecified atom stereocenters. The molecule has 2 aromatic rings. The van der Waals surface area contributed by atoms with Gasteiger partial charge in [-0.3, -0.25) is 0 Å². The molecule has 2 aliphatic heterocycles. The van der Waals surface area contributed by atoms with Crippen LogP contribution in [0.15, 0.2) is 23.1 Å². The van der Waals surface area contributed by atoms with Crippen LogP contribution < -0.4 is 4.90 Å². The molecule has 0 radical (unpaired) electrons. The molecule has 0 saturated carbocycles. The lowest BCUT2D eigenvalue weighted by Crippen LogP contribution is -2.36. The summed E-state index contributed by atoms with van der Waals surface area (Å²) >= 11 is 1.60. The van der Waals surface area contributed by atoms with E-state index in [0.717, 1.165) is 39.9 Å². The maximum Gasteiger partial charge on any atom is 0.183 e. The summed E-state index contributed by atoms with van der Waals surface area (Å²) < 4.78 is 37.2. The average Bonchev–Trinajstić information content (AvgIpc) is 3.32. The molecule has 1 atom stereocenters. The van der Waals surface area contributed by atoms with Crippen LogP contribution in [0.3, 0.4) is 0 Å². The van der Waals surface area contributed by atoms with Gasteiger partial charge in [0.15, 0.2) is 9.84 Å². The van der Waals surface area contributed by atoms with Gasteiger partial charge in [0.25, 0.3) is 0 Å². The third-order valence-corrected chi connectivity index (χ3v) is 8.35. The summed E-state index contributed by atoms with van der Waals surface area (Å²) in [6.45, 7) is 7.56. The number of hydrogen-bond acceptors (Lipinski definition) is 7. The molecule has 4 rings (SSSR count). The Morgan fingerprint density at radius 1 is 1.11 bits per heavy atom. The highest BCUT2D eigenvalue weighted by atomic mass is 32.2. The largest absolute Gasteiger partial charge is 0.380 e. The topological polar surface area (TPSA) is 68.7 Å². The lowest BCUT2D eigenvalue weighted by molar-refractivity contribution is 0.122. The second kappa shape index (κ2) is 7.50. The summed E-state index contributed by atoms with van der Waals surface area (Å²) in [6.07, 6.45) is 0.554. The first-order chi connectivity index (χ1) is 12.9. The number of nitrogens with zero attached hydrogens (tertiary/aromatic N) is 2. The summed E-state index contributed by atoms with van der Waals surface area (Å²) in [5.74, 6) is 0. The van der Waals surface area contributed by atoms with Crippen molar-refractivity contribution >= 4 is 26.9 Å². The van der Waals surface area contributed by atoms with Crippen LogP contribution in [-0.2, 0) is 19.3 Å². The van der Waals surface area contributed by atoms with Crippen molar-refractivity contribution in [3.8, 4) is 10.4 Å². The molecule has 2 saturated heterocycles. The lowest BCUT2D eigenvalue weighted by atomic mass is 10.1. The molecule has 1 aromatic heterocycles. The molecule has 2 aliphatic rings. The van der Waals surface area contributed by atoms with E-state index in [1.807, 2.05) is 19.9 Å². The molecule has 0 bridgehead atoms. The van der Waals surface area contributed by atoms with E-state index in [9.17, 15) is 8.42 Å². The van der Waals surface area contributed by atoms with Gasteiger partial charge in [0.2, 0.25) is 0 Å². The number of thiazole rings is 1. The number of ether oxygens (including phenoxy) is 2. The van der Waals surface area contributed by atoms with Gasteiger partial charge in [-0.25, -0.2) is 13.4 Å². The van der Waals surface area contributed by atoms with Gasteiger partial charge in [-0.2, -0.15) is 0 Å². The van der Waals surface area contributed by atoms with Gasteiger partial charge in [-0.1, -0.05) is 0 Å². The van der Waals surface area contributed by atoms with Crippen molar-refractivity contribution in [2.45, 2.75) is 30.4 Å². The van der Waals surface area contributed by atoms with Gasteiger partial charge in [-0.05, 0) is 44.0 Å². The lowest BCUT2D eigenvalue weighted by Gasteiger charge is -2.29. The summed E-state index contributed by atoms with van der Waals surface area (Å²) in [4.78, 5) is 8.12. The second-order valence-corrected chi connectivity index (χ2v) is 10.4. The summed E-state index contributed by atoms with van der Waals surface area (Å²) in [7, 11) is -3.44. The molecule has 8 heteroatoms. The molecule has 27 heavy (non-hydrogen) atoms. The van der Waals surface area contributed by atoms with Gasteiger partial charge in [0, 0.05) is 25.4 Å². The van der Waals surface area contributed by atoms with Crippen LogP contribution in [0.25, 0.3) is 10.4 Å². The van der Waals surface area contributed by atoms with E-state index in [0.29, 0.717) is 31.1 Å². The number of rotatable bonds is 4. The quantitative estimate of drug-likeness (QED) is 0.775. The fourth-order valence-corrected chi connectivity index (χ4v) is 6.18. The third-order valence-electron chi connectivity index (χ3n) is 5.09. The zero-order valence-corrected chi connectivity index (χ0v) is 17.2. The highest BCUT2D eigenvalue weighted by Gasteiger charge is 2.32. The molecule has 0 spiro atoms. The maximum atomic E-state index is 13.2. The first-order valence-corrected chi connectivity index (χ1v) is 11.6. The van der Waals surface area contributed by atoms with E-state index in [2.05, 4.69) is 16.0 Å². The molecular weight excluding hydrogens is 384 g/mol. The van der Waals surface area contributed by atoms with Crippen molar-refractivity contribution < 1.29 is 17.9 Å². The van der Waals surface area contributed by atoms with Crippen LogP contribution in [0, 0.1) is 13.8 Å². The van der Waals surface area contributed by atoms with Gasteiger partial charge < -0.3 is 14.4 Å². The maximum absolute atomic E-state index is 13.2. The monoisotopic (exact) mass is 408 g/mol. The molecule has 1 aromatic carbocycles. The van der Waals surface area contributed by atoms with Crippen molar-refractivity contribution in [1.82, 2.24) is 4.98 Å². The van der Waals surface area contributed by atoms with E-state index in [-0.39, 0.29) is 6.61 Å². The Morgan fingerprint density at radius 3 is 2.52 bits per heavy atom. The van der Waals surface area contributed by atoms with E-state index < -0.39 is 15.1 Å². The van der Waals surface area contributed by atoms with Gasteiger partial charge in [0.05, 0.1) is 45.5 Å². The molecule has 0 N–H and O–H groups in total. The fraction of sp³-hybridized carbons (Fsp3) is 0.526. The van der Waals surface area contributed by atoms with Crippen LogP contribution in [0.1, 0.15) is 17.1 Å². The van der Waals surface area contributed by atoms with Crippen LogP contribution in [0.4, 0.5) is 5.69 Å². The van der Waals surface area contributed by atoms with Gasteiger partial charge >= 0.3 is 0 Å². The van der Waals surface area contributed by atoms with Crippen molar-refractivity contribution in [2.75, 3.05) is 44.4 Å². The molecule has 0 aliphatic carbocycles. The van der Waals surface area contributed by atoms with E-state index >= 15 is 0 Å². The summed E-state index contributed by atoms with van der Waals surface area (Å²) in [5, 5.41) is 0.516. The summed E-state index contributed by atoms with van der Waals surface area (Å²) in [6, 6.07) is 5.69. The van der Waals surface area contributed by atoms with Crippen LogP contribution in [-0.4, -0.2) is 58.2 Å². The molecular formula is C19H24N2O4S2. The Labute approximate surface area is 164 Å². The molecule has 2 fully saturated rings. The number of benzene rings is 1. The van der Waals surface area contributed by atoms with Crippen molar-refractivity contribution in [2.24, 2.45) is 0 Å². The van der Waals surface area contributed by atoms with Crippen molar-refractivity contribution in [1.29, 1.82) is 0 Å². The fourth-order valence-electron chi connectivity index (χ4n) is 3.63. The van der Waals surface area contributed by atoms with Crippen LogP contribution in [0.2, 0.25) is 0 Å². The predicted molar refractivity (Wildman–Crippen MR) is 106 cm³/mol. The minimum atomic E-state index is -3.44. The zero-order valence-electron chi connectivity index (χ0n) is 15.6. The van der Waals surface area contributed by atoms with Gasteiger partial charge in [0.1, 0.15) is 0 Å². The second-order valence-electron chi connectivity index (χ2n) is 6.99. The number of aromatic nitrogens is 1. The highest BCUT2D eigenvalue weighted by molar-refractivity contribution is 7.92. The van der Waals surface area contributed by atoms with Crippen LogP contribution in [0.5, 0.6) is 0 Å². The minimum absolute atomic E-state index is 0.276. The standard InChI is InChI=1S/C19H24N2O4S2/c1-13-19(26-14(2)20-13)15-9-16(21-4-7-24-8-5-21)11-18(10-15)27(22,23)17-3-6-25-12-17/h9-11,17H,3-8,12H2,1-2H3/t17-/m0/s1. The first kappa shape index (κ1) is 18.9. The molecule has 3 heterocycles. The van der Waals surface area contributed by atoms with E-state index in [1.54, 1.807) is 17.4 Å². The van der Waals surface area contributed by atoms with E-state index in [4.69, 9.17) is 9.47 Å². The Morgan fingerprint density at radius 2 is 1.89 bits per heavy atom. The number of sulfone groups is 1. The SMILES string of the molecule is Cc1nc(C)c(-c2cc(N3CCOCC3)cc(S(=O)(=O)[C@H]3CCOC3)c2)s1. The highest BCUT2D eigenvalue weighted by Crippen LogP contribution is 2.36. The molecule has 6 nitrogen and oxygen atoms in total. The third kappa shape index (κ3) is 3.76. The number of anilines is 1. The average molecular weight is 409 g/mol. The first-order valence-electron chi connectivity index (χ1n) is 9.19. The zero-order chi connectivity index (χ0) is 19.0. The number of aryl methyl sites for hydroxylation is 2. The number of morpholine rings is 1. The van der Waals surface area contributed by atoms with Crippen molar-refractivity contribution in [3.05, 3.63) is 28.9 Å². The normalized spacial score (nSPS) is 21.0. The smallest absolute Gasteiger partial charge is 0.183 e. The van der Waals surface area contributed by atoms with Crippen molar-refractivity contribution in [3.63, 3.8) is 0 Å².